The first-order valence-corrected chi connectivity index (χ1v) is 10.2. The molecule has 3 rings (SSSR count). The van der Waals surface area contributed by atoms with Gasteiger partial charge in [0.25, 0.3) is 11.8 Å². The fraction of sp³-hybridized carbons (Fsp3) is 0.318. The Kier molecular flexibility index (Phi) is 6.70. The van der Waals surface area contributed by atoms with Crippen molar-refractivity contribution in [3.8, 4) is 11.5 Å². The van der Waals surface area contributed by atoms with Crippen LogP contribution in [0.25, 0.3) is 0 Å². The van der Waals surface area contributed by atoms with E-state index in [0.29, 0.717) is 30.2 Å². The van der Waals surface area contributed by atoms with E-state index in [2.05, 4.69) is 10.7 Å². The lowest BCUT2D eigenvalue weighted by Gasteiger charge is -2.21. The molecule has 0 aromatic heterocycles. The van der Waals surface area contributed by atoms with E-state index in [-0.39, 0.29) is 16.3 Å². The number of rotatable bonds is 8. The van der Waals surface area contributed by atoms with Crippen LogP contribution in [0.2, 0.25) is 5.02 Å². The molecule has 2 aromatic rings. The number of urea groups is 1. The summed E-state index contributed by atoms with van der Waals surface area (Å²) in [5, 5.41) is 3.54. The number of nitrogens with zero attached hydrogens (tertiary/aromatic N) is 1. The van der Waals surface area contributed by atoms with E-state index in [4.69, 9.17) is 21.1 Å². The van der Waals surface area contributed by atoms with Gasteiger partial charge in [0.05, 0.1) is 18.7 Å². The second-order valence-electron chi connectivity index (χ2n) is 7.25. The van der Waals surface area contributed by atoms with E-state index in [0.717, 1.165) is 5.56 Å². The van der Waals surface area contributed by atoms with Gasteiger partial charge < -0.3 is 14.8 Å². The van der Waals surface area contributed by atoms with Crippen molar-refractivity contribution in [3.63, 3.8) is 0 Å². The molecule has 0 saturated carbocycles. The number of amides is 4. The van der Waals surface area contributed by atoms with Gasteiger partial charge in [0, 0.05) is 5.56 Å². The summed E-state index contributed by atoms with van der Waals surface area (Å²) in [7, 11) is 1.42. The summed E-state index contributed by atoms with van der Waals surface area (Å²) >= 11 is 6.21. The zero-order valence-corrected chi connectivity index (χ0v) is 18.3. The van der Waals surface area contributed by atoms with Gasteiger partial charge in [-0.05, 0) is 44.4 Å². The summed E-state index contributed by atoms with van der Waals surface area (Å²) in [4.78, 5) is 38.1. The minimum Gasteiger partial charge on any atom is -0.493 e. The number of halogens is 1. The van der Waals surface area contributed by atoms with Crippen LogP contribution in [0.3, 0.4) is 0 Å². The number of ether oxygens (including phenoxy) is 2. The van der Waals surface area contributed by atoms with Gasteiger partial charge >= 0.3 is 6.03 Å². The van der Waals surface area contributed by atoms with E-state index in [9.17, 15) is 14.4 Å². The van der Waals surface area contributed by atoms with Gasteiger partial charge in [-0.1, -0.05) is 41.9 Å². The quantitative estimate of drug-likeness (QED) is 0.607. The van der Waals surface area contributed by atoms with Gasteiger partial charge in [-0.15, -0.1) is 0 Å². The number of aryl methyl sites for hydroxylation is 1. The highest BCUT2D eigenvalue weighted by molar-refractivity contribution is 6.32. The molecular weight excluding hydrogens is 422 g/mol. The average Bonchev–Trinajstić information content (AvgIpc) is 2.97. The second-order valence-corrected chi connectivity index (χ2v) is 7.66. The number of hydrogen-bond donors (Lipinski definition) is 2. The Morgan fingerprint density at radius 2 is 1.94 bits per heavy atom. The Morgan fingerprint density at radius 1 is 1.23 bits per heavy atom. The third-order valence-electron chi connectivity index (χ3n) is 5.01. The summed E-state index contributed by atoms with van der Waals surface area (Å²) in [6.45, 7) is 3.80. The molecule has 0 radical (unpaired) electrons. The molecule has 0 bridgehead atoms. The SMILES string of the molecule is CCOc1c(Cl)cc(C(=O)NN2C(=O)NC(C)(CCc3ccccc3)C2=O)cc1OC. The molecule has 9 heteroatoms. The zero-order chi connectivity index (χ0) is 22.6. The highest BCUT2D eigenvalue weighted by Gasteiger charge is 2.48. The number of imide groups is 1. The van der Waals surface area contributed by atoms with Crippen molar-refractivity contribution in [1.82, 2.24) is 15.8 Å². The number of nitrogens with one attached hydrogen (secondary N) is 2. The van der Waals surface area contributed by atoms with Crippen LogP contribution in [0.4, 0.5) is 4.79 Å². The number of carbonyl (C=O) groups is 3. The molecule has 31 heavy (non-hydrogen) atoms. The molecule has 4 amide bonds. The van der Waals surface area contributed by atoms with Crippen LogP contribution in [0.5, 0.6) is 11.5 Å². The predicted molar refractivity (Wildman–Crippen MR) is 115 cm³/mol. The standard InChI is InChI=1S/C22H24ClN3O5/c1-4-31-18-16(23)12-15(13-17(18)30-3)19(27)25-26-20(28)22(2,24-21(26)29)11-10-14-8-6-5-7-9-14/h5-9,12-13H,4,10-11H2,1-3H3,(H,24,29)(H,25,27). The third kappa shape index (κ3) is 4.74. The van der Waals surface area contributed by atoms with Crippen LogP contribution in [-0.2, 0) is 11.2 Å². The van der Waals surface area contributed by atoms with E-state index in [1.54, 1.807) is 13.8 Å². The van der Waals surface area contributed by atoms with Crippen LogP contribution < -0.4 is 20.2 Å². The summed E-state index contributed by atoms with van der Waals surface area (Å²) < 4.78 is 10.7. The molecule has 2 N–H and O–H groups in total. The molecule has 0 spiro atoms. The maximum atomic E-state index is 12.9. The lowest BCUT2D eigenvalue weighted by atomic mass is 9.93. The van der Waals surface area contributed by atoms with Gasteiger partial charge in [0.15, 0.2) is 11.5 Å². The van der Waals surface area contributed by atoms with E-state index in [1.165, 1.54) is 19.2 Å². The summed E-state index contributed by atoms with van der Waals surface area (Å²) in [5.74, 6) is -0.638. The molecule has 1 aliphatic rings. The highest BCUT2D eigenvalue weighted by atomic mass is 35.5. The fourth-order valence-electron chi connectivity index (χ4n) is 3.30. The van der Waals surface area contributed by atoms with Gasteiger partial charge in [-0.25, -0.2) is 4.79 Å². The smallest absolute Gasteiger partial charge is 0.344 e. The number of hydrazine groups is 1. The van der Waals surface area contributed by atoms with E-state index < -0.39 is 23.4 Å². The Bertz CT molecular complexity index is 998. The van der Waals surface area contributed by atoms with Crippen molar-refractivity contribution in [2.45, 2.75) is 32.2 Å². The normalized spacial score (nSPS) is 18.0. The van der Waals surface area contributed by atoms with Crippen LogP contribution in [0.15, 0.2) is 42.5 Å². The lowest BCUT2D eigenvalue weighted by molar-refractivity contribution is -0.132. The summed E-state index contributed by atoms with van der Waals surface area (Å²) in [5.41, 5.74) is 2.39. The molecule has 1 saturated heterocycles. The number of benzene rings is 2. The molecule has 0 aliphatic carbocycles. The molecular formula is C22H24ClN3O5. The first-order valence-electron chi connectivity index (χ1n) is 9.81. The van der Waals surface area contributed by atoms with Crippen LogP contribution in [0.1, 0.15) is 36.2 Å². The highest BCUT2D eigenvalue weighted by Crippen LogP contribution is 2.36. The number of methoxy groups -OCH3 is 1. The van der Waals surface area contributed by atoms with Crippen LogP contribution in [0, 0.1) is 0 Å². The largest absolute Gasteiger partial charge is 0.493 e. The predicted octanol–water partition coefficient (Wildman–Crippen LogP) is 3.34. The van der Waals surface area contributed by atoms with Crippen molar-refractivity contribution in [1.29, 1.82) is 0 Å². The molecule has 1 aliphatic heterocycles. The summed E-state index contributed by atoms with van der Waals surface area (Å²) in [6.07, 6.45) is 0.980. The lowest BCUT2D eigenvalue weighted by Crippen LogP contribution is -2.49. The molecule has 1 heterocycles. The van der Waals surface area contributed by atoms with Gasteiger partial charge in [-0.3, -0.25) is 15.0 Å². The van der Waals surface area contributed by atoms with E-state index >= 15 is 0 Å². The average molecular weight is 446 g/mol. The van der Waals surface area contributed by atoms with Crippen LogP contribution in [-0.4, -0.2) is 42.1 Å². The number of carbonyl (C=O) groups excluding carboxylic acids is 3. The number of hydrogen-bond acceptors (Lipinski definition) is 5. The maximum Gasteiger partial charge on any atom is 0.344 e. The minimum atomic E-state index is -1.13. The fourth-order valence-corrected chi connectivity index (χ4v) is 3.56. The maximum absolute atomic E-state index is 12.9. The summed E-state index contributed by atoms with van der Waals surface area (Å²) in [6, 6.07) is 11.8. The van der Waals surface area contributed by atoms with Crippen molar-refractivity contribution < 1.29 is 23.9 Å². The Hall–Kier alpha value is -3.26. The Balaban J connectivity index is 1.73. The molecule has 8 nitrogen and oxygen atoms in total. The topological polar surface area (TPSA) is 97.0 Å². The third-order valence-corrected chi connectivity index (χ3v) is 5.29. The van der Waals surface area contributed by atoms with Crippen molar-refractivity contribution >= 4 is 29.4 Å². The zero-order valence-electron chi connectivity index (χ0n) is 17.5. The van der Waals surface area contributed by atoms with Gasteiger partial charge in [0.1, 0.15) is 5.54 Å². The molecule has 1 atom stereocenters. The molecule has 2 aromatic carbocycles. The van der Waals surface area contributed by atoms with Gasteiger partial charge in [-0.2, -0.15) is 5.01 Å². The van der Waals surface area contributed by atoms with Gasteiger partial charge in [0.2, 0.25) is 0 Å². The monoisotopic (exact) mass is 445 g/mol. The van der Waals surface area contributed by atoms with Crippen LogP contribution >= 0.6 is 11.6 Å². The Labute approximate surface area is 185 Å². The molecule has 164 valence electrons. The first kappa shape index (κ1) is 22.4. The Morgan fingerprint density at radius 3 is 2.58 bits per heavy atom. The van der Waals surface area contributed by atoms with E-state index in [1.807, 2.05) is 30.3 Å². The first-order chi connectivity index (χ1) is 14.8. The molecule has 1 unspecified atom stereocenters. The van der Waals surface area contributed by atoms with Crippen molar-refractivity contribution in [2.75, 3.05) is 13.7 Å². The second kappa shape index (κ2) is 9.26. The minimum absolute atomic E-state index is 0.115. The molecule has 1 fully saturated rings. The van der Waals surface area contributed by atoms with Crippen molar-refractivity contribution in [3.05, 3.63) is 58.6 Å². The van der Waals surface area contributed by atoms with Crippen molar-refractivity contribution in [2.24, 2.45) is 0 Å².